The minimum Gasteiger partial charge on any atom is -0.351 e. The molecule has 1 saturated carbocycles. The van der Waals surface area contributed by atoms with Gasteiger partial charge in [-0.15, -0.1) is 11.3 Å². The van der Waals surface area contributed by atoms with Gasteiger partial charge in [0.1, 0.15) is 0 Å². The third-order valence-corrected chi connectivity index (χ3v) is 3.52. The summed E-state index contributed by atoms with van der Waals surface area (Å²) >= 11 is 7.42. The molecule has 0 saturated heterocycles. The molecule has 0 aliphatic heterocycles. The van der Waals surface area contributed by atoms with Crippen molar-refractivity contribution in [2.24, 2.45) is 0 Å². The summed E-state index contributed by atoms with van der Waals surface area (Å²) in [4.78, 5) is 8.66. The fourth-order valence-electron chi connectivity index (χ4n) is 1.44. The van der Waals surface area contributed by atoms with E-state index in [1.165, 1.54) is 24.2 Å². The minimum atomic E-state index is 0.571. The van der Waals surface area contributed by atoms with E-state index in [4.69, 9.17) is 11.6 Å². The highest BCUT2D eigenvalue weighted by Gasteiger charge is 2.21. The lowest BCUT2D eigenvalue weighted by atomic mass is 10.2. The molecular formula is C11H10ClN3S. The van der Waals surface area contributed by atoms with Gasteiger partial charge in [0, 0.05) is 23.2 Å². The fraction of sp³-hybridized carbons (Fsp3) is 0.273. The first-order valence-electron chi connectivity index (χ1n) is 5.15. The summed E-state index contributed by atoms with van der Waals surface area (Å²) in [6, 6.07) is 4.40. The Kier molecular flexibility index (Phi) is 2.53. The summed E-state index contributed by atoms with van der Waals surface area (Å²) in [6.07, 6.45) is 4.22. The first-order valence-corrected chi connectivity index (χ1v) is 6.41. The van der Waals surface area contributed by atoms with Gasteiger partial charge in [-0.05, 0) is 25.0 Å². The van der Waals surface area contributed by atoms with E-state index in [1.54, 1.807) is 6.20 Å². The molecule has 0 atom stereocenters. The van der Waals surface area contributed by atoms with E-state index in [9.17, 15) is 0 Å². The van der Waals surface area contributed by atoms with Crippen LogP contribution in [0.2, 0.25) is 4.34 Å². The smallest absolute Gasteiger partial charge is 0.223 e. The number of hydrogen-bond donors (Lipinski definition) is 1. The van der Waals surface area contributed by atoms with Crippen molar-refractivity contribution in [1.29, 1.82) is 0 Å². The maximum atomic E-state index is 5.90. The Morgan fingerprint density at radius 1 is 1.44 bits per heavy atom. The van der Waals surface area contributed by atoms with Crippen molar-refractivity contribution in [3.8, 4) is 11.3 Å². The third-order valence-electron chi connectivity index (χ3n) is 2.43. The third kappa shape index (κ3) is 2.18. The van der Waals surface area contributed by atoms with Crippen molar-refractivity contribution in [2.45, 2.75) is 18.9 Å². The van der Waals surface area contributed by atoms with Gasteiger partial charge in [0.15, 0.2) is 0 Å². The second kappa shape index (κ2) is 4.03. The highest BCUT2D eigenvalue weighted by molar-refractivity contribution is 7.14. The van der Waals surface area contributed by atoms with Crippen LogP contribution in [-0.4, -0.2) is 16.0 Å². The highest BCUT2D eigenvalue weighted by atomic mass is 35.5. The van der Waals surface area contributed by atoms with E-state index in [-0.39, 0.29) is 0 Å². The van der Waals surface area contributed by atoms with Crippen molar-refractivity contribution in [3.63, 3.8) is 0 Å². The zero-order chi connectivity index (χ0) is 11.0. The molecule has 16 heavy (non-hydrogen) atoms. The fourth-order valence-corrected chi connectivity index (χ4v) is 2.32. The van der Waals surface area contributed by atoms with Crippen LogP contribution < -0.4 is 5.32 Å². The second-order valence-corrected chi connectivity index (χ2v) is 5.37. The largest absolute Gasteiger partial charge is 0.351 e. The molecule has 3 rings (SSSR count). The first-order chi connectivity index (χ1) is 7.81. The van der Waals surface area contributed by atoms with Crippen molar-refractivity contribution < 1.29 is 0 Å². The van der Waals surface area contributed by atoms with Gasteiger partial charge in [-0.3, -0.25) is 0 Å². The molecule has 0 aromatic carbocycles. The monoisotopic (exact) mass is 251 g/mol. The molecule has 2 aromatic heterocycles. The van der Waals surface area contributed by atoms with Crippen LogP contribution in [0.15, 0.2) is 23.7 Å². The van der Waals surface area contributed by atoms with E-state index >= 15 is 0 Å². The zero-order valence-corrected chi connectivity index (χ0v) is 10.1. The number of hydrogen-bond acceptors (Lipinski definition) is 4. The van der Waals surface area contributed by atoms with Crippen LogP contribution in [0.4, 0.5) is 5.95 Å². The molecule has 1 N–H and O–H groups in total. The van der Waals surface area contributed by atoms with Crippen LogP contribution in [0.5, 0.6) is 0 Å². The Balaban J connectivity index is 1.88. The van der Waals surface area contributed by atoms with Crippen LogP contribution in [-0.2, 0) is 0 Å². The van der Waals surface area contributed by atoms with Crippen molar-refractivity contribution in [3.05, 3.63) is 28.0 Å². The average molecular weight is 252 g/mol. The molecule has 0 radical (unpaired) electrons. The molecule has 5 heteroatoms. The van der Waals surface area contributed by atoms with Gasteiger partial charge in [0.05, 0.1) is 10.0 Å². The van der Waals surface area contributed by atoms with Gasteiger partial charge >= 0.3 is 0 Å². The predicted molar refractivity (Wildman–Crippen MR) is 67.0 cm³/mol. The van der Waals surface area contributed by atoms with Crippen LogP contribution in [0, 0.1) is 0 Å². The number of halogens is 1. The van der Waals surface area contributed by atoms with Gasteiger partial charge in [-0.25, -0.2) is 9.97 Å². The lowest BCUT2D eigenvalue weighted by molar-refractivity contribution is 1.06. The number of aromatic nitrogens is 2. The molecule has 82 valence electrons. The summed E-state index contributed by atoms with van der Waals surface area (Å²) in [5, 5.41) is 5.29. The number of anilines is 1. The molecule has 0 amide bonds. The summed E-state index contributed by atoms with van der Waals surface area (Å²) in [6.45, 7) is 0. The minimum absolute atomic E-state index is 0.571. The van der Waals surface area contributed by atoms with Crippen molar-refractivity contribution >= 4 is 28.9 Å². The number of thiophene rings is 1. The zero-order valence-electron chi connectivity index (χ0n) is 8.48. The molecule has 1 fully saturated rings. The summed E-state index contributed by atoms with van der Waals surface area (Å²) in [5.74, 6) is 0.710. The molecule has 0 unspecified atom stereocenters. The lowest BCUT2D eigenvalue weighted by Gasteiger charge is -2.03. The number of nitrogens with zero attached hydrogens (tertiary/aromatic N) is 2. The molecule has 0 spiro atoms. The molecule has 2 aromatic rings. The SMILES string of the molecule is Clc1cc(-c2ccnc(NC3CC3)n2)cs1. The first kappa shape index (κ1) is 10.1. The van der Waals surface area contributed by atoms with Crippen molar-refractivity contribution in [2.75, 3.05) is 5.32 Å². The lowest BCUT2D eigenvalue weighted by Crippen LogP contribution is -2.05. The predicted octanol–water partition coefficient (Wildman–Crippen LogP) is 3.43. The Morgan fingerprint density at radius 2 is 2.31 bits per heavy atom. The maximum absolute atomic E-state index is 5.90. The number of rotatable bonds is 3. The van der Waals surface area contributed by atoms with Crippen LogP contribution >= 0.6 is 22.9 Å². The molecule has 0 bridgehead atoms. The van der Waals surface area contributed by atoms with E-state index < -0.39 is 0 Å². The average Bonchev–Trinajstić information content (AvgIpc) is 2.98. The van der Waals surface area contributed by atoms with Crippen molar-refractivity contribution in [1.82, 2.24) is 9.97 Å². The second-order valence-electron chi connectivity index (χ2n) is 3.82. The standard InChI is InChI=1S/C11H10ClN3S/c12-10-5-7(6-16-10)9-3-4-13-11(15-9)14-8-1-2-8/h3-6,8H,1-2H2,(H,13,14,15). The summed E-state index contributed by atoms with van der Waals surface area (Å²) in [7, 11) is 0. The summed E-state index contributed by atoms with van der Waals surface area (Å²) in [5.41, 5.74) is 1.97. The van der Waals surface area contributed by atoms with Crippen LogP contribution in [0.25, 0.3) is 11.3 Å². The quantitative estimate of drug-likeness (QED) is 0.908. The highest BCUT2D eigenvalue weighted by Crippen LogP contribution is 2.28. The molecule has 3 nitrogen and oxygen atoms in total. The van der Waals surface area contributed by atoms with Gasteiger partial charge < -0.3 is 5.32 Å². The van der Waals surface area contributed by atoms with E-state index in [2.05, 4.69) is 15.3 Å². The normalized spacial score (nSPS) is 15.1. The molecule has 1 aliphatic rings. The van der Waals surface area contributed by atoms with Gasteiger partial charge in [-0.2, -0.15) is 0 Å². The van der Waals surface area contributed by atoms with Gasteiger partial charge in [0.25, 0.3) is 0 Å². The Labute approximate surface area is 103 Å². The van der Waals surface area contributed by atoms with Crippen LogP contribution in [0.3, 0.4) is 0 Å². The summed E-state index contributed by atoms with van der Waals surface area (Å²) < 4.78 is 0.783. The molecular weight excluding hydrogens is 242 g/mol. The van der Waals surface area contributed by atoms with Gasteiger partial charge in [-0.1, -0.05) is 11.6 Å². The Morgan fingerprint density at radius 3 is 3.00 bits per heavy atom. The molecule has 2 heterocycles. The van der Waals surface area contributed by atoms with Gasteiger partial charge in [0.2, 0.25) is 5.95 Å². The Bertz CT molecular complexity index is 507. The van der Waals surface area contributed by atoms with Crippen LogP contribution in [0.1, 0.15) is 12.8 Å². The topological polar surface area (TPSA) is 37.8 Å². The maximum Gasteiger partial charge on any atom is 0.223 e. The van der Waals surface area contributed by atoms with E-state index in [0.717, 1.165) is 15.6 Å². The number of nitrogens with one attached hydrogen (secondary N) is 1. The Hall–Kier alpha value is -1.13. The van der Waals surface area contributed by atoms with E-state index in [1.807, 2.05) is 17.5 Å². The van der Waals surface area contributed by atoms with E-state index in [0.29, 0.717) is 12.0 Å². The molecule has 1 aliphatic carbocycles.